The number of phenolic OH excluding ortho intramolecular Hbond substituents is 2. The number of nitrogens with one attached hydrogen (secondary N) is 1. The van der Waals surface area contributed by atoms with Crippen LogP contribution in [0.25, 0.3) is 0 Å². The van der Waals surface area contributed by atoms with Gasteiger partial charge in [-0.3, -0.25) is 9.59 Å². The Labute approximate surface area is 139 Å². The van der Waals surface area contributed by atoms with Crippen LogP contribution in [0.3, 0.4) is 0 Å². The van der Waals surface area contributed by atoms with Gasteiger partial charge in [0.05, 0.1) is 0 Å². The second-order valence-electron chi connectivity index (χ2n) is 6.06. The number of aromatic hydroxyl groups is 2. The van der Waals surface area contributed by atoms with Crippen molar-refractivity contribution in [2.45, 2.75) is 12.8 Å². The standard InChI is InChI=1S/C19H19NO4/c21-16-5-1-3-12(8-16)18(23)14-7-15(10-17(22)9-14)19(24)13-4-2-6-20-11-13/h1,3,5,7-10,13,20-22H,2,4,6,11H2. The minimum Gasteiger partial charge on any atom is -0.508 e. The van der Waals surface area contributed by atoms with Gasteiger partial charge in [-0.1, -0.05) is 12.1 Å². The fourth-order valence-electron chi connectivity index (χ4n) is 3.01. The number of hydrogen-bond acceptors (Lipinski definition) is 5. The number of carbonyl (C=O) groups excluding carboxylic acids is 2. The van der Waals surface area contributed by atoms with Gasteiger partial charge in [-0.2, -0.15) is 0 Å². The lowest BCUT2D eigenvalue weighted by Crippen LogP contribution is -2.34. The number of hydrogen-bond donors (Lipinski definition) is 3. The zero-order chi connectivity index (χ0) is 17.1. The van der Waals surface area contributed by atoms with Crippen molar-refractivity contribution in [3.63, 3.8) is 0 Å². The maximum Gasteiger partial charge on any atom is 0.193 e. The monoisotopic (exact) mass is 325 g/mol. The summed E-state index contributed by atoms with van der Waals surface area (Å²) >= 11 is 0. The third kappa shape index (κ3) is 3.46. The maximum absolute atomic E-state index is 12.6. The summed E-state index contributed by atoms with van der Waals surface area (Å²) in [6.45, 7) is 1.52. The van der Waals surface area contributed by atoms with Crippen molar-refractivity contribution in [1.82, 2.24) is 5.32 Å². The highest BCUT2D eigenvalue weighted by atomic mass is 16.3. The molecule has 0 spiro atoms. The summed E-state index contributed by atoms with van der Waals surface area (Å²) in [6, 6.07) is 10.2. The Morgan fingerprint density at radius 2 is 1.71 bits per heavy atom. The fraction of sp³-hybridized carbons (Fsp3) is 0.263. The van der Waals surface area contributed by atoms with Crippen LogP contribution in [0.5, 0.6) is 11.5 Å². The molecule has 1 heterocycles. The first-order valence-corrected chi connectivity index (χ1v) is 7.97. The van der Waals surface area contributed by atoms with E-state index in [1.54, 1.807) is 12.1 Å². The van der Waals surface area contributed by atoms with Crippen LogP contribution in [0.4, 0.5) is 0 Å². The average Bonchev–Trinajstić information content (AvgIpc) is 2.60. The number of piperidine rings is 1. The lowest BCUT2D eigenvalue weighted by molar-refractivity contribution is 0.0899. The van der Waals surface area contributed by atoms with Gasteiger partial charge in [0.1, 0.15) is 11.5 Å². The Hall–Kier alpha value is -2.66. The molecule has 2 aromatic rings. The van der Waals surface area contributed by atoms with E-state index in [0.29, 0.717) is 17.7 Å². The molecular formula is C19H19NO4. The molecule has 1 fully saturated rings. The molecule has 1 unspecified atom stereocenters. The second-order valence-corrected chi connectivity index (χ2v) is 6.06. The van der Waals surface area contributed by atoms with Crippen LogP contribution >= 0.6 is 0 Å². The maximum atomic E-state index is 12.6. The molecule has 0 bridgehead atoms. The molecular weight excluding hydrogens is 306 g/mol. The number of carbonyl (C=O) groups is 2. The van der Waals surface area contributed by atoms with Gasteiger partial charge in [-0.05, 0) is 49.7 Å². The van der Waals surface area contributed by atoms with Crippen molar-refractivity contribution in [3.05, 3.63) is 59.2 Å². The summed E-state index contributed by atoms with van der Waals surface area (Å²) in [5.74, 6) is -0.677. The van der Waals surface area contributed by atoms with Gasteiger partial charge in [0, 0.05) is 29.2 Å². The predicted molar refractivity (Wildman–Crippen MR) is 89.6 cm³/mol. The molecule has 0 amide bonds. The van der Waals surface area contributed by atoms with Gasteiger partial charge in [0.2, 0.25) is 0 Å². The Morgan fingerprint density at radius 1 is 0.958 bits per heavy atom. The summed E-state index contributed by atoms with van der Waals surface area (Å²) < 4.78 is 0. The summed E-state index contributed by atoms with van der Waals surface area (Å²) in [6.07, 6.45) is 1.74. The van der Waals surface area contributed by atoms with Crippen LogP contribution in [0.2, 0.25) is 0 Å². The highest BCUT2D eigenvalue weighted by Gasteiger charge is 2.23. The Kier molecular flexibility index (Phi) is 4.62. The van der Waals surface area contributed by atoms with Gasteiger partial charge >= 0.3 is 0 Å². The molecule has 1 aliphatic rings. The molecule has 24 heavy (non-hydrogen) atoms. The fourth-order valence-corrected chi connectivity index (χ4v) is 3.01. The second kappa shape index (κ2) is 6.84. The highest BCUT2D eigenvalue weighted by Crippen LogP contribution is 2.24. The lowest BCUT2D eigenvalue weighted by atomic mass is 9.89. The number of rotatable bonds is 4. The van der Waals surface area contributed by atoms with Crippen LogP contribution in [0.1, 0.15) is 39.1 Å². The van der Waals surface area contributed by atoms with Crippen molar-refractivity contribution < 1.29 is 19.8 Å². The normalized spacial score (nSPS) is 17.4. The third-order valence-corrected chi connectivity index (χ3v) is 4.24. The topological polar surface area (TPSA) is 86.6 Å². The highest BCUT2D eigenvalue weighted by molar-refractivity contribution is 6.11. The van der Waals surface area contributed by atoms with Crippen LogP contribution in [0.15, 0.2) is 42.5 Å². The molecule has 1 atom stereocenters. The van der Waals surface area contributed by atoms with E-state index in [2.05, 4.69) is 5.32 Å². The van der Waals surface area contributed by atoms with Gasteiger partial charge in [-0.25, -0.2) is 0 Å². The molecule has 1 aliphatic heterocycles. The van der Waals surface area contributed by atoms with E-state index >= 15 is 0 Å². The first-order chi connectivity index (χ1) is 11.5. The van der Waals surface area contributed by atoms with Gasteiger partial charge < -0.3 is 15.5 Å². The molecule has 5 nitrogen and oxygen atoms in total. The lowest BCUT2D eigenvalue weighted by Gasteiger charge is -2.21. The summed E-state index contributed by atoms with van der Waals surface area (Å²) in [4.78, 5) is 25.2. The zero-order valence-corrected chi connectivity index (χ0v) is 13.2. The summed E-state index contributed by atoms with van der Waals surface area (Å²) in [5, 5.41) is 22.6. The summed E-state index contributed by atoms with van der Waals surface area (Å²) in [7, 11) is 0. The smallest absolute Gasteiger partial charge is 0.193 e. The predicted octanol–water partition coefficient (Wildman–Crippen LogP) is 2.51. The molecule has 124 valence electrons. The zero-order valence-electron chi connectivity index (χ0n) is 13.2. The Bertz CT molecular complexity index is 779. The molecule has 2 aromatic carbocycles. The van der Waals surface area contributed by atoms with Crippen LogP contribution < -0.4 is 5.32 Å². The molecule has 0 aliphatic carbocycles. The quantitative estimate of drug-likeness (QED) is 0.752. The first-order valence-electron chi connectivity index (χ1n) is 7.97. The van der Waals surface area contributed by atoms with E-state index < -0.39 is 0 Å². The Balaban J connectivity index is 1.91. The molecule has 3 rings (SSSR count). The number of Topliss-reactive ketones (excluding diaryl/α,β-unsaturated/α-hetero) is 1. The minimum atomic E-state index is -0.349. The molecule has 0 aromatic heterocycles. The van der Waals surface area contributed by atoms with E-state index in [9.17, 15) is 19.8 Å². The number of benzene rings is 2. The summed E-state index contributed by atoms with van der Waals surface area (Å²) in [5.41, 5.74) is 0.873. The third-order valence-electron chi connectivity index (χ3n) is 4.24. The van der Waals surface area contributed by atoms with Crippen molar-refractivity contribution in [1.29, 1.82) is 0 Å². The van der Waals surface area contributed by atoms with Gasteiger partial charge in [-0.15, -0.1) is 0 Å². The first kappa shape index (κ1) is 16.2. The van der Waals surface area contributed by atoms with E-state index in [1.165, 1.54) is 30.3 Å². The Morgan fingerprint density at radius 3 is 2.42 bits per heavy atom. The van der Waals surface area contributed by atoms with E-state index in [0.717, 1.165) is 19.4 Å². The van der Waals surface area contributed by atoms with E-state index in [-0.39, 0.29) is 34.5 Å². The van der Waals surface area contributed by atoms with Gasteiger partial charge in [0.15, 0.2) is 11.6 Å². The number of ketones is 2. The molecule has 5 heteroatoms. The minimum absolute atomic E-state index is 0.00872. The molecule has 0 radical (unpaired) electrons. The van der Waals surface area contributed by atoms with Crippen LogP contribution in [0, 0.1) is 5.92 Å². The van der Waals surface area contributed by atoms with Crippen molar-refractivity contribution in [2.75, 3.05) is 13.1 Å². The largest absolute Gasteiger partial charge is 0.508 e. The van der Waals surface area contributed by atoms with Crippen LogP contribution in [-0.4, -0.2) is 34.9 Å². The molecule has 3 N–H and O–H groups in total. The number of phenols is 2. The van der Waals surface area contributed by atoms with Crippen molar-refractivity contribution in [3.8, 4) is 11.5 Å². The van der Waals surface area contributed by atoms with E-state index in [1.807, 2.05) is 0 Å². The molecule has 0 saturated carbocycles. The van der Waals surface area contributed by atoms with Gasteiger partial charge in [0.25, 0.3) is 0 Å². The van der Waals surface area contributed by atoms with Crippen LogP contribution in [-0.2, 0) is 0 Å². The van der Waals surface area contributed by atoms with Crippen molar-refractivity contribution in [2.24, 2.45) is 5.92 Å². The SMILES string of the molecule is O=C(c1cccc(O)c1)c1cc(O)cc(C(=O)C2CCCNC2)c1. The molecule has 1 saturated heterocycles. The van der Waals surface area contributed by atoms with Crippen molar-refractivity contribution >= 4 is 11.6 Å². The van der Waals surface area contributed by atoms with E-state index in [4.69, 9.17) is 0 Å². The average molecular weight is 325 g/mol.